The van der Waals surface area contributed by atoms with E-state index >= 15 is 0 Å². The van der Waals surface area contributed by atoms with Crippen molar-refractivity contribution in [3.8, 4) is 0 Å². The molecule has 0 saturated carbocycles. The Morgan fingerprint density at radius 1 is 1.57 bits per heavy atom. The Morgan fingerprint density at radius 2 is 2.29 bits per heavy atom. The van der Waals surface area contributed by atoms with Gasteiger partial charge in [0.25, 0.3) is 0 Å². The molecule has 0 aromatic heterocycles. The summed E-state index contributed by atoms with van der Waals surface area (Å²) in [7, 11) is 0. The maximum Gasteiger partial charge on any atom is 0.135 e. The number of nitrogens with one attached hydrogen (secondary N) is 1. The average Bonchev–Trinajstić information content (AvgIpc) is 2.14. The zero-order chi connectivity index (χ0) is 10.6. The zero-order valence-electron chi connectivity index (χ0n) is 8.01. The molecule has 0 atom stereocenters. The lowest BCUT2D eigenvalue weighted by Crippen LogP contribution is -2.15. The molecule has 0 unspecified atom stereocenters. The van der Waals surface area contributed by atoms with E-state index in [1.807, 2.05) is 6.92 Å². The number of halogens is 1. The van der Waals surface area contributed by atoms with Crippen LogP contribution in [-0.4, -0.2) is 11.5 Å². The second-order valence-electron chi connectivity index (χ2n) is 2.95. The molecule has 0 fully saturated rings. The van der Waals surface area contributed by atoms with Crippen LogP contribution in [0.4, 0.5) is 10.1 Å². The van der Waals surface area contributed by atoms with Gasteiger partial charge in [0.05, 0.1) is 5.56 Å². The van der Waals surface area contributed by atoms with Gasteiger partial charge in [0, 0.05) is 12.2 Å². The normalized spacial score (nSPS) is 9.86. The van der Waals surface area contributed by atoms with E-state index in [2.05, 4.69) is 5.32 Å². The highest BCUT2D eigenvalue weighted by Gasteiger charge is 2.09. The first-order chi connectivity index (χ1) is 6.66. The summed E-state index contributed by atoms with van der Waals surface area (Å²) in [6.07, 6.45) is 0.966. The molecule has 14 heavy (non-hydrogen) atoms. The highest BCUT2D eigenvalue weighted by atomic mass is 32.1. The van der Waals surface area contributed by atoms with Crippen molar-refractivity contribution in [1.82, 2.24) is 0 Å². The average molecular weight is 212 g/mol. The van der Waals surface area contributed by atoms with Gasteiger partial charge in [0.1, 0.15) is 10.8 Å². The highest BCUT2D eigenvalue weighted by molar-refractivity contribution is 7.80. The molecule has 76 valence electrons. The summed E-state index contributed by atoms with van der Waals surface area (Å²) in [6, 6.07) is 4.76. The van der Waals surface area contributed by atoms with Gasteiger partial charge in [0.2, 0.25) is 0 Å². The molecule has 0 bridgehead atoms. The van der Waals surface area contributed by atoms with Gasteiger partial charge in [-0.1, -0.05) is 25.2 Å². The van der Waals surface area contributed by atoms with E-state index in [9.17, 15) is 4.39 Å². The molecule has 0 radical (unpaired) electrons. The minimum atomic E-state index is -0.376. The summed E-state index contributed by atoms with van der Waals surface area (Å²) < 4.78 is 13.3. The van der Waals surface area contributed by atoms with E-state index < -0.39 is 0 Å². The maximum absolute atomic E-state index is 13.3. The molecule has 0 aliphatic rings. The highest BCUT2D eigenvalue weighted by Crippen LogP contribution is 2.18. The summed E-state index contributed by atoms with van der Waals surface area (Å²) in [6.45, 7) is 2.81. The van der Waals surface area contributed by atoms with E-state index in [0.29, 0.717) is 11.3 Å². The van der Waals surface area contributed by atoms with Crippen LogP contribution < -0.4 is 11.1 Å². The van der Waals surface area contributed by atoms with Gasteiger partial charge in [-0.15, -0.1) is 0 Å². The Morgan fingerprint density at radius 3 is 2.86 bits per heavy atom. The molecule has 4 heteroatoms. The van der Waals surface area contributed by atoms with E-state index in [4.69, 9.17) is 18.0 Å². The first kappa shape index (κ1) is 10.9. The van der Waals surface area contributed by atoms with Crippen molar-refractivity contribution >= 4 is 22.9 Å². The molecule has 0 heterocycles. The number of hydrogen-bond donors (Lipinski definition) is 2. The Labute approximate surface area is 88.3 Å². The molecule has 1 aromatic carbocycles. The molecule has 0 aliphatic carbocycles. The second kappa shape index (κ2) is 4.91. The summed E-state index contributed by atoms with van der Waals surface area (Å²) in [5.41, 5.74) is 6.41. The van der Waals surface area contributed by atoms with Gasteiger partial charge >= 0.3 is 0 Å². The number of anilines is 1. The van der Waals surface area contributed by atoms with Crippen molar-refractivity contribution in [2.45, 2.75) is 13.3 Å². The first-order valence-electron chi connectivity index (χ1n) is 4.49. The molecule has 0 saturated heterocycles. The third kappa shape index (κ3) is 2.42. The van der Waals surface area contributed by atoms with E-state index in [0.717, 1.165) is 13.0 Å². The maximum atomic E-state index is 13.3. The van der Waals surface area contributed by atoms with Crippen LogP contribution in [0.2, 0.25) is 0 Å². The van der Waals surface area contributed by atoms with Gasteiger partial charge in [-0.25, -0.2) is 4.39 Å². The van der Waals surface area contributed by atoms with Crippen molar-refractivity contribution in [1.29, 1.82) is 0 Å². The fourth-order valence-corrected chi connectivity index (χ4v) is 1.39. The van der Waals surface area contributed by atoms with Gasteiger partial charge in [-0.3, -0.25) is 0 Å². The molecular formula is C10H13FN2S. The summed E-state index contributed by atoms with van der Waals surface area (Å²) in [5.74, 6) is -0.376. The largest absolute Gasteiger partial charge is 0.389 e. The molecule has 0 amide bonds. The molecular weight excluding hydrogens is 199 g/mol. The summed E-state index contributed by atoms with van der Waals surface area (Å²) in [5, 5.41) is 3.08. The predicted molar refractivity (Wildman–Crippen MR) is 61.1 cm³/mol. The quantitative estimate of drug-likeness (QED) is 0.752. The van der Waals surface area contributed by atoms with Gasteiger partial charge in [-0.05, 0) is 18.6 Å². The van der Waals surface area contributed by atoms with Gasteiger partial charge in [-0.2, -0.15) is 0 Å². The Balaban J connectivity index is 3.02. The van der Waals surface area contributed by atoms with Crippen LogP contribution in [-0.2, 0) is 0 Å². The Bertz CT molecular complexity index is 339. The number of hydrogen-bond acceptors (Lipinski definition) is 2. The number of nitrogens with two attached hydrogens (primary N) is 1. The standard InChI is InChI=1S/C10H13FN2S/c1-2-6-13-8-5-3-4-7(11)9(8)10(12)14/h3-5,13H,2,6H2,1H3,(H2,12,14). The molecule has 1 aromatic rings. The SMILES string of the molecule is CCCNc1cccc(F)c1C(N)=S. The molecule has 2 nitrogen and oxygen atoms in total. The van der Waals surface area contributed by atoms with Crippen molar-refractivity contribution in [2.24, 2.45) is 5.73 Å². The third-order valence-corrected chi connectivity index (χ3v) is 2.03. The van der Waals surface area contributed by atoms with Crippen LogP contribution in [0, 0.1) is 5.82 Å². The predicted octanol–water partition coefficient (Wildman–Crippen LogP) is 2.28. The van der Waals surface area contributed by atoms with Crippen LogP contribution in [0.5, 0.6) is 0 Å². The molecule has 0 spiro atoms. The summed E-state index contributed by atoms with van der Waals surface area (Å²) >= 11 is 4.79. The minimum Gasteiger partial charge on any atom is -0.389 e. The van der Waals surface area contributed by atoms with Crippen molar-refractivity contribution in [3.05, 3.63) is 29.6 Å². The Hall–Kier alpha value is -1.16. The van der Waals surface area contributed by atoms with Crippen molar-refractivity contribution in [3.63, 3.8) is 0 Å². The van der Waals surface area contributed by atoms with Crippen LogP contribution in [0.25, 0.3) is 0 Å². The van der Waals surface area contributed by atoms with Crippen LogP contribution in [0.15, 0.2) is 18.2 Å². The third-order valence-electron chi connectivity index (χ3n) is 1.83. The van der Waals surface area contributed by atoms with Crippen molar-refractivity contribution < 1.29 is 4.39 Å². The summed E-state index contributed by atoms with van der Waals surface area (Å²) in [4.78, 5) is 0.0849. The monoisotopic (exact) mass is 212 g/mol. The minimum absolute atomic E-state index is 0.0849. The lowest BCUT2D eigenvalue weighted by atomic mass is 10.1. The lowest BCUT2D eigenvalue weighted by molar-refractivity contribution is 0.626. The fourth-order valence-electron chi connectivity index (χ4n) is 1.18. The number of rotatable bonds is 4. The van der Waals surface area contributed by atoms with Crippen molar-refractivity contribution in [2.75, 3.05) is 11.9 Å². The molecule has 0 aliphatic heterocycles. The lowest BCUT2D eigenvalue weighted by Gasteiger charge is -2.10. The first-order valence-corrected chi connectivity index (χ1v) is 4.89. The molecule has 3 N–H and O–H groups in total. The van der Waals surface area contributed by atoms with Crippen LogP contribution in [0.3, 0.4) is 0 Å². The van der Waals surface area contributed by atoms with E-state index in [-0.39, 0.29) is 10.8 Å². The fraction of sp³-hybridized carbons (Fsp3) is 0.300. The zero-order valence-corrected chi connectivity index (χ0v) is 8.83. The Kier molecular flexibility index (Phi) is 3.83. The smallest absolute Gasteiger partial charge is 0.135 e. The van der Waals surface area contributed by atoms with E-state index in [1.54, 1.807) is 12.1 Å². The topological polar surface area (TPSA) is 38.0 Å². The van der Waals surface area contributed by atoms with Gasteiger partial charge < -0.3 is 11.1 Å². The van der Waals surface area contributed by atoms with E-state index in [1.165, 1.54) is 6.07 Å². The molecule has 1 rings (SSSR count). The van der Waals surface area contributed by atoms with Crippen LogP contribution in [0.1, 0.15) is 18.9 Å². The number of thiocarbonyl (C=S) groups is 1. The second-order valence-corrected chi connectivity index (χ2v) is 3.39. The number of benzene rings is 1. The van der Waals surface area contributed by atoms with Crippen LogP contribution >= 0.6 is 12.2 Å². The van der Waals surface area contributed by atoms with Gasteiger partial charge in [0.15, 0.2) is 0 Å².